The normalized spacial score (nSPS) is 23.8. The molecule has 1 aromatic rings. The van der Waals surface area contributed by atoms with Gasteiger partial charge in [0.25, 0.3) is 0 Å². The number of likely N-dealkylation sites (tertiary alicyclic amines) is 1. The predicted octanol–water partition coefficient (Wildman–Crippen LogP) is 2.67. The third-order valence-corrected chi connectivity index (χ3v) is 4.73. The van der Waals surface area contributed by atoms with E-state index in [0.717, 1.165) is 25.9 Å². The first-order valence-corrected chi connectivity index (χ1v) is 8.43. The standard InChI is InChI=1S/C18H24N2O3/c1-23-16-9-5-4-8-15(16)19-17(21)13-12-14(13)18(22)20-10-6-2-3-7-11-20/h4-5,8-9,13-14H,2-3,6-7,10-12H2,1H3,(H,19,21). The number of nitrogens with one attached hydrogen (secondary N) is 1. The summed E-state index contributed by atoms with van der Waals surface area (Å²) in [4.78, 5) is 26.8. The number of anilines is 1. The van der Waals surface area contributed by atoms with Crippen molar-refractivity contribution in [2.45, 2.75) is 32.1 Å². The average Bonchev–Trinajstić information content (AvgIpc) is 3.38. The lowest BCUT2D eigenvalue weighted by Gasteiger charge is -2.20. The highest BCUT2D eigenvalue weighted by atomic mass is 16.5. The molecule has 1 aliphatic carbocycles. The number of benzene rings is 1. The molecule has 5 heteroatoms. The first-order valence-electron chi connectivity index (χ1n) is 8.43. The first-order chi connectivity index (χ1) is 11.2. The smallest absolute Gasteiger partial charge is 0.228 e. The van der Waals surface area contributed by atoms with Crippen molar-refractivity contribution in [1.82, 2.24) is 4.90 Å². The summed E-state index contributed by atoms with van der Waals surface area (Å²) in [5.74, 6) is 0.380. The second-order valence-electron chi connectivity index (χ2n) is 6.38. The van der Waals surface area contributed by atoms with Crippen LogP contribution < -0.4 is 10.1 Å². The molecule has 3 rings (SSSR count). The molecule has 1 saturated heterocycles. The lowest BCUT2D eigenvalue weighted by molar-refractivity contribution is -0.134. The molecule has 2 unspecified atom stereocenters. The summed E-state index contributed by atoms with van der Waals surface area (Å²) >= 11 is 0. The fourth-order valence-corrected chi connectivity index (χ4v) is 3.26. The fraction of sp³-hybridized carbons (Fsp3) is 0.556. The van der Waals surface area contributed by atoms with Crippen LogP contribution in [-0.4, -0.2) is 36.9 Å². The maximum atomic E-state index is 12.5. The molecule has 1 aliphatic heterocycles. The molecule has 2 atom stereocenters. The Labute approximate surface area is 137 Å². The number of rotatable bonds is 4. The molecule has 0 spiro atoms. The van der Waals surface area contributed by atoms with E-state index in [1.54, 1.807) is 7.11 Å². The van der Waals surface area contributed by atoms with Crippen molar-refractivity contribution in [2.24, 2.45) is 11.8 Å². The summed E-state index contributed by atoms with van der Waals surface area (Å²) in [6, 6.07) is 7.33. The largest absolute Gasteiger partial charge is 0.495 e. The fourth-order valence-electron chi connectivity index (χ4n) is 3.26. The minimum absolute atomic E-state index is 0.0809. The van der Waals surface area contributed by atoms with Crippen LogP contribution in [0.2, 0.25) is 0 Å². The van der Waals surface area contributed by atoms with Gasteiger partial charge in [-0.25, -0.2) is 0 Å². The second kappa shape index (κ2) is 7.02. The number of para-hydroxylation sites is 2. The van der Waals surface area contributed by atoms with E-state index in [0.29, 0.717) is 17.9 Å². The van der Waals surface area contributed by atoms with Gasteiger partial charge in [0.05, 0.1) is 24.6 Å². The molecule has 2 aliphatic rings. The van der Waals surface area contributed by atoms with E-state index in [4.69, 9.17) is 4.74 Å². The molecule has 1 aromatic carbocycles. The van der Waals surface area contributed by atoms with Gasteiger partial charge in [0.2, 0.25) is 11.8 Å². The molecule has 124 valence electrons. The Morgan fingerprint density at radius 2 is 1.78 bits per heavy atom. The lowest BCUT2D eigenvalue weighted by atomic mass is 10.2. The molecule has 0 radical (unpaired) electrons. The third-order valence-electron chi connectivity index (χ3n) is 4.73. The zero-order valence-corrected chi connectivity index (χ0v) is 13.6. The average molecular weight is 316 g/mol. The van der Waals surface area contributed by atoms with Crippen LogP contribution in [0.4, 0.5) is 5.69 Å². The van der Waals surface area contributed by atoms with Gasteiger partial charge < -0.3 is 15.0 Å². The number of amides is 2. The van der Waals surface area contributed by atoms with Gasteiger partial charge in [-0.3, -0.25) is 9.59 Å². The molecule has 1 saturated carbocycles. The summed E-state index contributed by atoms with van der Waals surface area (Å²) in [7, 11) is 1.58. The lowest BCUT2D eigenvalue weighted by Crippen LogP contribution is -2.34. The molecular formula is C18H24N2O3. The summed E-state index contributed by atoms with van der Waals surface area (Å²) in [5.41, 5.74) is 0.660. The molecule has 1 heterocycles. The van der Waals surface area contributed by atoms with Crippen molar-refractivity contribution in [3.05, 3.63) is 24.3 Å². The Bertz CT molecular complexity index is 579. The summed E-state index contributed by atoms with van der Waals surface area (Å²) in [6.45, 7) is 1.69. The van der Waals surface area contributed by atoms with E-state index in [-0.39, 0.29) is 23.7 Å². The minimum Gasteiger partial charge on any atom is -0.495 e. The zero-order chi connectivity index (χ0) is 16.2. The minimum atomic E-state index is -0.198. The second-order valence-corrected chi connectivity index (χ2v) is 6.38. The van der Waals surface area contributed by atoms with Crippen LogP contribution >= 0.6 is 0 Å². The molecule has 0 aromatic heterocycles. The SMILES string of the molecule is COc1ccccc1NC(=O)C1CC1C(=O)N1CCCCCC1. The Morgan fingerprint density at radius 3 is 2.48 bits per heavy atom. The predicted molar refractivity (Wildman–Crippen MR) is 88.3 cm³/mol. The van der Waals surface area contributed by atoms with Crippen LogP contribution in [0.15, 0.2) is 24.3 Å². The van der Waals surface area contributed by atoms with Gasteiger partial charge in [0, 0.05) is 13.1 Å². The number of hydrogen-bond donors (Lipinski definition) is 1. The molecule has 0 bridgehead atoms. The molecule has 1 N–H and O–H groups in total. The Morgan fingerprint density at radius 1 is 1.09 bits per heavy atom. The Kier molecular flexibility index (Phi) is 4.84. The van der Waals surface area contributed by atoms with Crippen molar-refractivity contribution >= 4 is 17.5 Å². The third kappa shape index (κ3) is 3.66. The molecule has 2 fully saturated rings. The van der Waals surface area contributed by atoms with Crippen LogP contribution in [0.25, 0.3) is 0 Å². The number of nitrogens with zero attached hydrogens (tertiary/aromatic N) is 1. The summed E-state index contributed by atoms with van der Waals surface area (Å²) < 4.78 is 5.24. The van der Waals surface area contributed by atoms with E-state index >= 15 is 0 Å². The Hall–Kier alpha value is -2.04. The Balaban J connectivity index is 1.57. The van der Waals surface area contributed by atoms with Crippen LogP contribution in [0.1, 0.15) is 32.1 Å². The molecular weight excluding hydrogens is 292 g/mol. The van der Waals surface area contributed by atoms with Crippen molar-refractivity contribution in [1.29, 1.82) is 0 Å². The van der Waals surface area contributed by atoms with Crippen molar-refractivity contribution in [3.63, 3.8) is 0 Å². The maximum Gasteiger partial charge on any atom is 0.228 e. The molecule has 23 heavy (non-hydrogen) atoms. The molecule has 5 nitrogen and oxygen atoms in total. The molecule has 2 amide bonds. The van der Waals surface area contributed by atoms with E-state index in [2.05, 4.69) is 5.32 Å². The first kappa shape index (κ1) is 15.8. The summed E-state index contributed by atoms with van der Waals surface area (Å²) in [6.07, 6.45) is 5.22. The maximum absolute atomic E-state index is 12.5. The van der Waals surface area contributed by atoms with Crippen LogP contribution in [0.3, 0.4) is 0 Å². The van der Waals surface area contributed by atoms with Gasteiger partial charge >= 0.3 is 0 Å². The monoisotopic (exact) mass is 316 g/mol. The number of ether oxygens (including phenoxy) is 1. The van der Waals surface area contributed by atoms with Crippen molar-refractivity contribution < 1.29 is 14.3 Å². The number of methoxy groups -OCH3 is 1. The van der Waals surface area contributed by atoms with Crippen LogP contribution in [-0.2, 0) is 9.59 Å². The van der Waals surface area contributed by atoms with Gasteiger partial charge in [0.15, 0.2) is 0 Å². The summed E-state index contributed by atoms with van der Waals surface area (Å²) in [5, 5.41) is 2.89. The van der Waals surface area contributed by atoms with Crippen LogP contribution in [0.5, 0.6) is 5.75 Å². The number of hydrogen-bond acceptors (Lipinski definition) is 3. The van der Waals surface area contributed by atoms with E-state index in [1.165, 1.54) is 12.8 Å². The van der Waals surface area contributed by atoms with Gasteiger partial charge in [-0.05, 0) is 31.4 Å². The van der Waals surface area contributed by atoms with E-state index < -0.39 is 0 Å². The number of carbonyl (C=O) groups excluding carboxylic acids is 2. The highest BCUT2D eigenvalue weighted by Crippen LogP contribution is 2.41. The van der Waals surface area contributed by atoms with Crippen molar-refractivity contribution in [2.75, 3.05) is 25.5 Å². The van der Waals surface area contributed by atoms with Crippen LogP contribution in [0, 0.1) is 11.8 Å². The quantitative estimate of drug-likeness (QED) is 0.929. The van der Waals surface area contributed by atoms with Gasteiger partial charge in [0.1, 0.15) is 5.75 Å². The van der Waals surface area contributed by atoms with Gasteiger partial charge in [-0.15, -0.1) is 0 Å². The highest BCUT2D eigenvalue weighted by molar-refractivity contribution is 6.00. The van der Waals surface area contributed by atoms with Gasteiger partial charge in [-0.1, -0.05) is 25.0 Å². The van der Waals surface area contributed by atoms with E-state index in [9.17, 15) is 9.59 Å². The topological polar surface area (TPSA) is 58.6 Å². The number of carbonyl (C=O) groups is 2. The van der Waals surface area contributed by atoms with Gasteiger partial charge in [-0.2, -0.15) is 0 Å². The van der Waals surface area contributed by atoms with Crippen molar-refractivity contribution in [3.8, 4) is 5.75 Å². The van der Waals surface area contributed by atoms with E-state index in [1.807, 2.05) is 29.2 Å². The zero-order valence-electron chi connectivity index (χ0n) is 13.6. The highest BCUT2D eigenvalue weighted by Gasteiger charge is 2.49.